The third-order valence-corrected chi connectivity index (χ3v) is 5.05. The third kappa shape index (κ3) is 2.89. The molecule has 1 unspecified atom stereocenters. The zero-order chi connectivity index (χ0) is 18.2. The molecule has 1 aliphatic rings. The number of anilines is 1. The lowest BCUT2D eigenvalue weighted by Gasteiger charge is -2.23. The number of nitrogens with zero attached hydrogens (tertiary/aromatic N) is 4. The van der Waals surface area contributed by atoms with E-state index in [4.69, 9.17) is 0 Å². The number of benzene rings is 1. The highest BCUT2D eigenvalue weighted by molar-refractivity contribution is 5.81. The Morgan fingerprint density at radius 3 is 2.85 bits per heavy atom. The van der Waals surface area contributed by atoms with E-state index >= 15 is 0 Å². The van der Waals surface area contributed by atoms with E-state index in [1.165, 1.54) is 4.68 Å². The molecular formula is C21H19N5O. The number of aryl methyl sites for hydroxylation is 1. The highest BCUT2D eigenvalue weighted by atomic mass is 16.3. The van der Waals surface area contributed by atoms with Gasteiger partial charge < -0.3 is 10.4 Å². The number of aromatic nitrogens is 4. The minimum Gasteiger partial charge on any atom is -0.493 e. The lowest BCUT2D eigenvalue weighted by molar-refractivity contribution is 0.424. The molecule has 134 valence electrons. The molecule has 4 aromatic rings. The minimum absolute atomic E-state index is 0.187. The minimum atomic E-state index is 0.187. The van der Waals surface area contributed by atoms with Gasteiger partial charge >= 0.3 is 0 Å². The average molecular weight is 357 g/mol. The summed E-state index contributed by atoms with van der Waals surface area (Å²) in [5.41, 5.74) is 3.84. The molecule has 1 atom stereocenters. The van der Waals surface area contributed by atoms with E-state index in [9.17, 15) is 5.11 Å². The van der Waals surface area contributed by atoms with Crippen molar-refractivity contribution in [3.8, 4) is 11.7 Å². The molecule has 0 saturated heterocycles. The highest BCUT2D eigenvalue weighted by Crippen LogP contribution is 2.31. The number of hydrogen-bond donors (Lipinski definition) is 2. The molecule has 27 heavy (non-hydrogen) atoms. The molecule has 0 radical (unpaired) electrons. The Hall–Kier alpha value is -3.41. The second-order valence-electron chi connectivity index (χ2n) is 6.85. The number of pyridine rings is 2. The average Bonchev–Trinajstić information content (AvgIpc) is 3.05. The zero-order valence-corrected chi connectivity index (χ0v) is 14.7. The van der Waals surface area contributed by atoms with E-state index in [-0.39, 0.29) is 11.9 Å². The normalized spacial score (nSPS) is 16.2. The number of nitrogens with one attached hydrogen (secondary N) is 1. The van der Waals surface area contributed by atoms with Gasteiger partial charge in [0.1, 0.15) is 0 Å². The Labute approximate surface area is 156 Å². The third-order valence-electron chi connectivity index (χ3n) is 5.05. The van der Waals surface area contributed by atoms with Crippen molar-refractivity contribution in [3.63, 3.8) is 0 Å². The van der Waals surface area contributed by atoms with Gasteiger partial charge in [-0.1, -0.05) is 24.3 Å². The summed E-state index contributed by atoms with van der Waals surface area (Å²) in [6.45, 7) is 0. The van der Waals surface area contributed by atoms with Crippen LogP contribution < -0.4 is 5.32 Å². The lowest BCUT2D eigenvalue weighted by Crippen LogP contribution is -2.27. The number of para-hydroxylation sites is 1. The first-order chi connectivity index (χ1) is 13.3. The predicted molar refractivity (Wildman–Crippen MR) is 104 cm³/mol. The van der Waals surface area contributed by atoms with Gasteiger partial charge in [-0.3, -0.25) is 4.98 Å². The first-order valence-corrected chi connectivity index (χ1v) is 9.10. The molecule has 2 N–H and O–H groups in total. The van der Waals surface area contributed by atoms with Crippen LogP contribution in [0.1, 0.15) is 17.7 Å². The van der Waals surface area contributed by atoms with Gasteiger partial charge in [-0.25, -0.2) is 4.98 Å². The monoisotopic (exact) mass is 357 g/mol. The Kier molecular flexibility index (Phi) is 3.74. The number of rotatable bonds is 3. The van der Waals surface area contributed by atoms with Crippen LogP contribution in [0, 0.1) is 0 Å². The van der Waals surface area contributed by atoms with Crippen LogP contribution in [0.3, 0.4) is 0 Å². The fourth-order valence-corrected chi connectivity index (χ4v) is 3.70. The predicted octanol–water partition coefficient (Wildman–Crippen LogP) is 3.49. The molecule has 0 amide bonds. The maximum atomic E-state index is 10.7. The van der Waals surface area contributed by atoms with Crippen molar-refractivity contribution in [2.75, 3.05) is 5.32 Å². The van der Waals surface area contributed by atoms with Crippen LogP contribution >= 0.6 is 0 Å². The zero-order valence-electron chi connectivity index (χ0n) is 14.7. The van der Waals surface area contributed by atoms with E-state index in [2.05, 4.69) is 32.5 Å². The molecule has 1 aromatic carbocycles. The first-order valence-electron chi connectivity index (χ1n) is 9.10. The van der Waals surface area contributed by atoms with Crippen molar-refractivity contribution in [1.29, 1.82) is 0 Å². The highest BCUT2D eigenvalue weighted by Gasteiger charge is 2.27. The second kappa shape index (κ2) is 6.39. The van der Waals surface area contributed by atoms with Crippen LogP contribution in [0.4, 0.5) is 5.69 Å². The molecule has 0 fully saturated rings. The van der Waals surface area contributed by atoms with Crippen LogP contribution in [-0.2, 0) is 12.8 Å². The van der Waals surface area contributed by atoms with Crippen molar-refractivity contribution in [3.05, 3.63) is 72.2 Å². The molecule has 1 aliphatic carbocycles. The van der Waals surface area contributed by atoms with Gasteiger partial charge in [-0.15, -0.1) is 0 Å². The fourth-order valence-electron chi connectivity index (χ4n) is 3.70. The largest absolute Gasteiger partial charge is 0.493 e. The van der Waals surface area contributed by atoms with Gasteiger partial charge in [-0.2, -0.15) is 9.78 Å². The van der Waals surface area contributed by atoms with Crippen molar-refractivity contribution in [1.82, 2.24) is 19.7 Å². The van der Waals surface area contributed by atoms with Crippen LogP contribution in [0.15, 0.2) is 60.9 Å². The van der Waals surface area contributed by atoms with Crippen molar-refractivity contribution >= 4 is 16.6 Å². The summed E-state index contributed by atoms with van der Waals surface area (Å²) < 4.78 is 1.53. The molecule has 0 spiro atoms. The van der Waals surface area contributed by atoms with Crippen LogP contribution in [-0.4, -0.2) is 30.9 Å². The van der Waals surface area contributed by atoms with E-state index in [0.29, 0.717) is 5.82 Å². The summed E-state index contributed by atoms with van der Waals surface area (Å²) >= 11 is 0. The summed E-state index contributed by atoms with van der Waals surface area (Å²) in [5, 5.41) is 19.9. The molecule has 0 saturated carbocycles. The topological polar surface area (TPSA) is 75.9 Å². The smallest absolute Gasteiger partial charge is 0.219 e. The van der Waals surface area contributed by atoms with Gasteiger partial charge in [0.2, 0.25) is 5.88 Å². The molecule has 0 aliphatic heterocycles. The van der Waals surface area contributed by atoms with Crippen LogP contribution in [0.25, 0.3) is 16.7 Å². The molecule has 3 aromatic heterocycles. The fraction of sp³-hybridized carbons (Fsp3) is 0.190. The van der Waals surface area contributed by atoms with E-state index in [0.717, 1.165) is 47.1 Å². The molecular weight excluding hydrogens is 338 g/mol. The second-order valence-corrected chi connectivity index (χ2v) is 6.85. The van der Waals surface area contributed by atoms with Crippen LogP contribution in [0.5, 0.6) is 5.88 Å². The summed E-state index contributed by atoms with van der Waals surface area (Å²) in [6, 6.07) is 16.0. The summed E-state index contributed by atoms with van der Waals surface area (Å²) in [6.07, 6.45) is 6.07. The quantitative estimate of drug-likeness (QED) is 0.587. The van der Waals surface area contributed by atoms with E-state index in [1.54, 1.807) is 6.20 Å². The maximum absolute atomic E-state index is 10.7. The SMILES string of the molecule is Oc1c2c(nn1-c1ccccn1)CCC(Nc1cnc3ccccc3c1)C2. The summed E-state index contributed by atoms with van der Waals surface area (Å²) in [4.78, 5) is 8.80. The Balaban J connectivity index is 1.40. The number of aromatic hydroxyl groups is 1. The van der Waals surface area contributed by atoms with Crippen LogP contribution in [0.2, 0.25) is 0 Å². The summed E-state index contributed by atoms with van der Waals surface area (Å²) in [5.74, 6) is 0.819. The molecule has 0 bridgehead atoms. The van der Waals surface area contributed by atoms with Crippen molar-refractivity contribution < 1.29 is 5.11 Å². The number of fused-ring (bicyclic) bond motifs is 2. The van der Waals surface area contributed by atoms with Gasteiger partial charge in [0, 0.05) is 23.2 Å². The Morgan fingerprint density at radius 1 is 1.07 bits per heavy atom. The van der Waals surface area contributed by atoms with Gasteiger partial charge in [0.15, 0.2) is 5.82 Å². The van der Waals surface area contributed by atoms with Gasteiger partial charge in [0.05, 0.1) is 23.1 Å². The molecule has 6 heteroatoms. The molecule has 3 heterocycles. The van der Waals surface area contributed by atoms with Gasteiger partial charge in [0.25, 0.3) is 0 Å². The number of hydrogen-bond acceptors (Lipinski definition) is 5. The van der Waals surface area contributed by atoms with Gasteiger partial charge in [-0.05, 0) is 43.5 Å². The van der Waals surface area contributed by atoms with Crippen molar-refractivity contribution in [2.45, 2.75) is 25.3 Å². The molecule has 5 rings (SSSR count). The van der Waals surface area contributed by atoms with Crippen molar-refractivity contribution in [2.24, 2.45) is 0 Å². The lowest BCUT2D eigenvalue weighted by atomic mass is 9.93. The maximum Gasteiger partial charge on any atom is 0.219 e. The first kappa shape index (κ1) is 15.8. The Morgan fingerprint density at radius 2 is 1.96 bits per heavy atom. The standard InChI is InChI=1S/C21H19N5O/c27-21-17-12-15(24-16-11-14-5-1-2-6-18(14)23-13-16)8-9-19(17)25-26(21)20-7-3-4-10-22-20/h1-7,10-11,13,15,24,27H,8-9,12H2. The Bertz CT molecular complexity index is 1110. The summed E-state index contributed by atoms with van der Waals surface area (Å²) in [7, 11) is 0. The van der Waals surface area contributed by atoms with E-state index in [1.807, 2.05) is 42.6 Å². The molecule has 6 nitrogen and oxygen atoms in total. The van der Waals surface area contributed by atoms with E-state index < -0.39 is 0 Å².